The molecule has 1 amide bonds. The van der Waals surface area contributed by atoms with E-state index in [0.29, 0.717) is 31.1 Å². The molecule has 0 aliphatic carbocycles. The van der Waals surface area contributed by atoms with Gasteiger partial charge < -0.3 is 9.42 Å². The molecule has 1 aliphatic heterocycles. The molecule has 6 nitrogen and oxygen atoms in total. The fraction of sp³-hybridized carbons (Fsp3) is 0.222. The van der Waals surface area contributed by atoms with Crippen LogP contribution in [-0.2, 0) is 11.3 Å². The number of carbonyl (C=O) groups is 1. The van der Waals surface area contributed by atoms with Crippen molar-refractivity contribution < 1.29 is 13.7 Å². The molecule has 1 atom stereocenters. The fourth-order valence-electron chi connectivity index (χ4n) is 3.01. The fourth-order valence-corrected chi connectivity index (χ4v) is 3.01. The van der Waals surface area contributed by atoms with Crippen molar-refractivity contribution in [1.82, 2.24) is 20.0 Å². The number of halogens is 1. The molecule has 2 aromatic heterocycles. The van der Waals surface area contributed by atoms with Gasteiger partial charge in [-0.15, -0.1) is 0 Å². The topological polar surface area (TPSA) is 72.1 Å². The lowest BCUT2D eigenvalue weighted by molar-refractivity contribution is -0.130. The number of likely N-dealkylation sites (tertiary alicyclic amines) is 1. The quantitative estimate of drug-likeness (QED) is 0.731. The van der Waals surface area contributed by atoms with E-state index in [-0.39, 0.29) is 17.8 Å². The van der Waals surface area contributed by atoms with Gasteiger partial charge in [0.2, 0.25) is 17.6 Å². The monoisotopic (exact) mass is 338 g/mol. The van der Waals surface area contributed by atoms with E-state index in [1.165, 1.54) is 12.1 Å². The first-order chi connectivity index (χ1) is 12.2. The van der Waals surface area contributed by atoms with Crippen molar-refractivity contribution in [2.75, 3.05) is 0 Å². The molecule has 0 spiro atoms. The molecular formula is C18H15FN4O2. The number of benzene rings is 1. The Bertz CT molecular complexity index is 897. The number of nitrogens with zero attached hydrogens (tertiary/aromatic N) is 4. The van der Waals surface area contributed by atoms with Crippen molar-refractivity contribution in [3.8, 4) is 11.4 Å². The highest BCUT2D eigenvalue weighted by atomic mass is 19.1. The zero-order chi connectivity index (χ0) is 17.2. The Morgan fingerprint density at radius 3 is 2.88 bits per heavy atom. The van der Waals surface area contributed by atoms with Gasteiger partial charge in [-0.25, -0.2) is 4.39 Å². The molecule has 1 aromatic carbocycles. The van der Waals surface area contributed by atoms with Crippen molar-refractivity contribution in [1.29, 1.82) is 0 Å². The Morgan fingerprint density at radius 2 is 2.08 bits per heavy atom. The highest BCUT2D eigenvalue weighted by Gasteiger charge is 2.36. The van der Waals surface area contributed by atoms with Crippen LogP contribution in [0.2, 0.25) is 0 Å². The second-order valence-corrected chi connectivity index (χ2v) is 5.90. The van der Waals surface area contributed by atoms with E-state index >= 15 is 0 Å². The second kappa shape index (κ2) is 6.43. The number of hydrogen-bond acceptors (Lipinski definition) is 5. The van der Waals surface area contributed by atoms with Gasteiger partial charge in [0.25, 0.3) is 0 Å². The SMILES string of the molecule is O=C1CCC(c2nc(-c3ccncc3)no2)N1Cc1cccc(F)c1. The van der Waals surface area contributed by atoms with E-state index in [1.54, 1.807) is 41.6 Å². The van der Waals surface area contributed by atoms with Crippen LogP contribution in [-0.4, -0.2) is 25.9 Å². The molecule has 0 radical (unpaired) electrons. The molecule has 1 aliphatic rings. The molecule has 0 saturated carbocycles. The number of aromatic nitrogens is 3. The summed E-state index contributed by atoms with van der Waals surface area (Å²) in [6.45, 7) is 0.314. The van der Waals surface area contributed by atoms with Crippen LogP contribution in [0.3, 0.4) is 0 Å². The van der Waals surface area contributed by atoms with Crippen LogP contribution in [0.25, 0.3) is 11.4 Å². The van der Waals surface area contributed by atoms with Gasteiger partial charge in [-0.1, -0.05) is 17.3 Å². The van der Waals surface area contributed by atoms with E-state index in [4.69, 9.17) is 4.52 Å². The van der Waals surface area contributed by atoms with Crippen LogP contribution >= 0.6 is 0 Å². The molecule has 1 unspecified atom stereocenters. The predicted octanol–water partition coefficient (Wildman–Crippen LogP) is 3.13. The standard InChI is InChI=1S/C18H15FN4O2/c19-14-3-1-2-12(10-14)11-23-15(4-5-16(23)24)18-21-17(22-25-18)13-6-8-20-9-7-13/h1-3,6-10,15H,4-5,11H2. The van der Waals surface area contributed by atoms with E-state index in [2.05, 4.69) is 15.1 Å². The van der Waals surface area contributed by atoms with Gasteiger partial charge in [0.05, 0.1) is 0 Å². The van der Waals surface area contributed by atoms with Gasteiger partial charge in [0.1, 0.15) is 11.9 Å². The summed E-state index contributed by atoms with van der Waals surface area (Å²) in [7, 11) is 0. The summed E-state index contributed by atoms with van der Waals surface area (Å²) in [4.78, 5) is 22.3. The van der Waals surface area contributed by atoms with Crippen molar-refractivity contribution in [3.05, 3.63) is 66.1 Å². The largest absolute Gasteiger partial charge is 0.337 e. The van der Waals surface area contributed by atoms with Gasteiger partial charge in [-0.05, 0) is 36.2 Å². The lowest BCUT2D eigenvalue weighted by atomic mass is 10.1. The Kier molecular flexibility index (Phi) is 3.97. The number of hydrogen-bond donors (Lipinski definition) is 0. The third-order valence-corrected chi connectivity index (χ3v) is 4.24. The number of rotatable bonds is 4. The average Bonchev–Trinajstić information content (AvgIpc) is 3.24. The van der Waals surface area contributed by atoms with E-state index in [1.807, 2.05) is 0 Å². The molecule has 3 aromatic rings. The first-order valence-electron chi connectivity index (χ1n) is 7.98. The lowest BCUT2D eigenvalue weighted by Gasteiger charge is -2.22. The first-order valence-corrected chi connectivity index (χ1v) is 7.98. The summed E-state index contributed by atoms with van der Waals surface area (Å²) < 4.78 is 18.8. The number of amides is 1. The number of pyridine rings is 1. The summed E-state index contributed by atoms with van der Waals surface area (Å²) in [5, 5.41) is 4.00. The van der Waals surface area contributed by atoms with Crippen molar-refractivity contribution in [3.63, 3.8) is 0 Å². The molecular weight excluding hydrogens is 323 g/mol. The molecule has 1 fully saturated rings. The van der Waals surface area contributed by atoms with Gasteiger partial charge in [-0.3, -0.25) is 9.78 Å². The van der Waals surface area contributed by atoms with Crippen LogP contribution in [0, 0.1) is 5.82 Å². The minimum atomic E-state index is -0.321. The van der Waals surface area contributed by atoms with Crippen LogP contribution < -0.4 is 0 Å². The van der Waals surface area contributed by atoms with Crippen molar-refractivity contribution in [2.45, 2.75) is 25.4 Å². The van der Waals surface area contributed by atoms with E-state index in [9.17, 15) is 9.18 Å². The molecule has 3 heterocycles. The third-order valence-electron chi connectivity index (χ3n) is 4.24. The summed E-state index contributed by atoms with van der Waals surface area (Å²) >= 11 is 0. The molecule has 126 valence electrons. The first kappa shape index (κ1) is 15.4. The van der Waals surface area contributed by atoms with Gasteiger partial charge in [-0.2, -0.15) is 4.98 Å². The zero-order valence-corrected chi connectivity index (χ0v) is 13.3. The average molecular weight is 338 g/mol. The molecule has 25 heavy (non-hydrogen) atoms. The summed E-state index contributed by atoms with van der Waals surface area (Å²) in [6.07, 6.45) is 4.32. The maximum Gasteiger partial charge on any atom is 0.249 e. The Morgan fingerprint density at radius 1 is 1.24 bits per heavy atom. The Balaban J connectivity index is 1.59. The molecule has 0 bridgehead atoms. The maximum absolute atomic E-state index is 13.4. The van der Waals surface area contributed by atoms with Gasteiger partial charge in [0.15, 0.2) is 0 Å². The highest BCUT2D eigenvalue weighted by molar-refractivity contribution is 5.78. The van der Waals surface area contributed by atoms with E-state index in [0.717, 1.165) is 11.1 Å². The van der Waals surface area contributed by atoms with Crippen LogP contribution in [0.1, 0.15) is 30.3 Å². The van der Waals surface area contributed by atoms with Crippen molar-refractivity contribution in [2.24, 2.45) is 0 Å². The van der Waals surface area contributed by atoms with Crippen LogP contribution in [0.5, 0.6) is 0 Å². The minimum Gasteiger partial charge on any atom is -0.337 e. The maximum atomic E-state index is 13.4. The Hall–Kier alpha value is -3.09. The Labute approximate surface area is 143 Å². The lowest BCUT2D eigenvalue weighted by Crippen LogP contribution is -2.27. The normalized spacial score (nSPS) is 17.2. The van der Waals surface area contributed by atoms with Crippen molar-refractivity contribution >= 4 is 5.91 Å². The second-order valence-electron chi connectivity index (χ2n) is 5.90. The summed E-state index contributed by atoms with van der Waals surface area (Å²) in [5.41, 5.74) is 1.53. The van der Waals surface area contributed by atoms with Gasteiger partial charge >= 0.3 is 0 Å². The van der Waals surface area contributed by atoms with Crippen LogP contribution in [0.4, 0.5) is 4.39 Å². The molecule has 7 heteroatoms. The number of carbonyl (C=O) groups excluding carboxylic acids is 1. The smallest absolute Gasteiger partial charge is 0.249 e. The molecule has 4 rings (SSSR count). The molecule has 1 saturated heterocycles. The van der Waals surface area contributed by atoms with E-state index < -0.39 is 0 Å². The summed E-state index contributed by atoms with van der Waals surface area (Å²) in [6, 6.07) is 9.53. The third kappa shape index (κ3) is 3.13. The predicted molar refractivity (Wildman–Crippen MR) is 86.5 cm³/mol. The highest BCUT2D eigenvalue weighted by Crippen LogP contribution is 2.34. The van der Waals surface area contributed by atoms with Crippen LogP contribution in [0.15, 0.2) is 53.3 Å². The molecule has 0 N–H and O–H groups in total. The summed E-state index contributed by atoms with van der Waals surface area (Å²) in [5.74, 6) is 0.535. The van der Waals surface area contributed by atoms with Gasteiger partial charge in [0, 0.05) is 30.9 Å². The zero-order valence-electron chi connectivity index (χ0n) is 13.3. The minimum absolute atomic E-state index is 0.00192.